The van der Waals surface area contributed by atoms with Crippen molar-refractivity contribution in [3.8, 4) is 16.9 Å². The molecule has 0 N–H and O–H groups in total. The molecule has 0 radical (unpaired) electrons. The van der Waals surface area contributed by atoms with Crippen molar-refractivity contribution < 1.29 is 14.3 Å². The molecule has 2 aliphatic heterocycles. The Morgan fingerprint density at radius 3 is 2.72 bits per heavy atom. The summed E-state index contributed by atoms with van der Waals surface area (Å²) in [7, 11) is 0. The van der Waals surface area contributed by atoms with Gasteiger partial charge in [0.15, 0.2) is 11.5 Å². The lowest BCUT2D eigenvalue weighted by atomic mass is 9.84. The Hall–Kier alpha value is -3.42. The molecule has 2 unspecified atom stereocenters. The van der Waals surface area contributed by atoms with E-state index < -0.39 is 0 Å². The predicted octanol–water partition coefficient (Wildman–Crippen LogP) is 5.55. The smallest absolute Gasteiger partial charge is 0.187 e. The predicted molar refractivity (Wildman–Crippen MR) is 110 cm³/mol. The second-order valence-corrected chi connectivity index (χ2v) is 7.48. The highest BCUT2D eigenvalue weighted by Gasteiger charge is 2.36. The lowest BCUT2D eigenvalue weighted by Crippen LogP contribution is -2.36. The van der Waals surface area contributed by atoms with E-state index in [9.17, 15) is 4.79 Å². The zero-order valence-electron chi connectivity index (χ0n) is 15.8. The molecule has 0 amide bonds. The van der Waals surface area contributed by atoms with Gasteiger partial charge in [-0.05, 0) is 40.5 Å². The van der Waals surface area contributed by atoms with Crippen LogP contribution in [0.1, 0.15) is 33.8 Å². The second kappa shape index (κ2) is 7.20. The first kappa shape index (κ1) is 17.7. The average molecular weight is 381 g/mol. The van der Waals surface area contributed by atoms with Crippen molar-refractivity contribution in [2.24, 2.45) is 0 Å². The van der Waals surface area contributed by atoms with Gasteiger partial charge in [-0.15, -0.1) is 0 Å². The fourth-order valence-electron chi connectivity index (χ4n) is 4.23. The number of benzene rings is 3. The van der Waals surface area contributed by atoms with Crippen LogP contribution in [0.4, 0.5) is 5.69 Å². The van der Waals surface area contributed by atoms with E-state index in [1.807, 2.05) is 48.5 Å². The van der Waals surface area contributed by atoms with Gasteiger partial charge in [-0.25, -0.2) is 4.85 Å². The molecule has 0 saturated carbocycles. The van der Waals surface area contributed by atoms with E-state index in [1.54, 1.807) is 6.07 Å². The summed E-state index contributed by atoms with van der Waals surface area (Å²) in [5.41, 5.74) is 5.41. The largest absolute Gasteiger partial charge is 0.488 e. The van der Waals surface area contributed by atoms with Crippen LogP contribution in [0.5, 0.6) is 5.75 Å². The van der Waals surface area contributed by atoms with E-state index in [-0.39, 0.29) is 17.8 Å². The third-order valence-corrected chi connectivity index (χ3v) is 5.71. The van der Waals surface area contributed by atoms with E-state index in [2.05, 4.69) is 17.0 Å². The molecule has 5 rings (SSSR count). The number of ketones is 1. The van der Waals surface area contributed by atoms with E-state index >= 15 is 0 Å². The maximum Gasteiger partial charge on any atom is 0.187 e. The molecule has 0 aliphatic carbocycles. The molecule has 2 atom stereocenters. The number of rotatable bonds is 2. The summed E-state index contributed by atoms with van der Waals surface area (Å²) < 4.78 is 12.1. The van der Waals surface area contributed by atoms with Gasteiger partial charge in [0.25, 0.3) is 0 Å². The molecular formula is C25H19NO3. The van der Waals surface area contributed by atoms with Gasteiger partial charge in [-0.3, -0.25) is 4.79 Å². The summed E-state index contributed by atoms with van der Waals surface area (Å²) in [4.78, 5) is 16.5. The maximum absolute atomic E-state index is 13.0. The molecule has 0 aromatic heterocycles. The monoisotopic (exact) mass is 381 g/mol. The van der Waals surface area contributed by atoms with Crippen molar-refractivity contribution in [3.63, 3.8) is 0 Å². The third kappa shape index (κ3) is 3.20. The van der Waals surface area contributed by atoms with Crippen molar-refractivity contribution in [1.29, 1.82) is 0 Å². The fraction of sp³-hybridized carbons (Fsp3) is 0.200. The summed E-state index contributed by atoms with van der Waals surface area (Å²) in [6.07, 6.45) is 0.105. The Morgan fingerprint density at radius 1 is 0.966 bits per heavy atom. The van der Waals surface area contributed by atoms with Crippen LogP contribution in [0.25, 0.3) is 16.0 Å². The van der Waals surface area contributed by atoms with Gasteiger partial charge in [0, 0.05) is 12.3 Å². The molecule has 29 heavy (non-hydrogen) atoms. The van der Waals surface area contributed by atoms with Crippen LogP contribution in [0.3, 0.4) is 0 Å². The molecule has 3 aromatic carbocycles. The molecule has 4 heteroatoms. The number of carbonyl (C=O) groups is 1. The fourth-order valence-corrected chi connectivity index (χ4v) is 4.23. The van der Waals surface area contributed by atoms with Gasteiger partial charge >= 0.3 is 0 Å². The Balaban J connectivity index is 1.46. The first-order chi connectivity index (χ1) is 14.2. The van der Waals surface area contributed by atoms with Crippen molar-refractivity contribution in [1.82, 2.24) is 0 Å². The second-order valence-electron chi connectivity index (χ2n) is 7.48. The van der Waals surface area contributed by atoms with Gasteiger partial charge in [0.05, 0.1) is 25.3 Å². The first-order valence-corrected chi connectivity index (χ1v) is 9.70. The van der Waals surface area contributed by atoms with Gasteiger partial charge in [0.2, 0.25) is 0 Å². The SMILES string of the molecule is [C-]#[N+]c1cccc(-c2ccc3c(c2)C(=O)CC(C2COCc4ccccc42)O3)c1. The van der Waals surface area contributed by atoms with Crippen molar-refractivity contribution >= 4 is 11.5 Å². The van der Waals surface area contributed by atoms with Crippen LogP contribution in [-0.2, 0) is 11.3 Å². The minimum Gasteiger partial charge on any atom is -0.488 e. The number of ether oxygens (including phenoxy) is 2. The van der Waals surface area contributed by atoms with Crippen molar-refractivity contribution in [2.75, 3.05) is 6.61 Å². The minimum atomic E-state index is -0.229. The summed E-state index contributed by atoms with van der Waals surface area (Å²) in [6, 6.07) is 21.3. The average Bonchev–Trinajstić information content (AvgIpc) is 2.78. The van der Waals surface area contributed by atoms with Crippen LogP contribution in [-0.4, -0.2) is 18.5 Å². The number of carbonyl (C=O) groups excluding carboxylic acids is 1. The minimum absolute atomic E-state index is 0.0482. The Kier molecular flexibility index (Phi) is 4.38. The molecule has 4 nitrogen and oxygen atoms in total. The van der Waals surface area contributed by atoms with Crippen LogP contribution in [0.2, 0.25) is 0 Å². The quantitative estimate of drug-likeness (QED) is 0.546. The molecule has 2 heterocycles. The molecule has 0 saturated heterocycles. The standard InChI is InChI=1S/C25H19NO3/c1-26-19-7-4-6-16(11-19)17-9-10-24-21(12-17)23(27)13-25(29-24)22-15-28-14-18-5-2-3-8-20(18)22/h2-12,22,25H,13-15H2. The van der Waals surface area contributed by atoms with Gasteiger partial charge in [-0.2, -0.15) is 0 Å². The third-order valence-electron chi connectivity index (χ3n) is 5.71. The zero-order chi connectivity index (χ0) is 19.8. The Labute approximate surface area is 169 Å². The van der Waals surface area contributed by atoms with Crippen molar-refractivity contribution in [2.45, 2.75) is 25.0 Å². The summed E-state index contributed by atoms with van der Waals surface area (Å²) in [5, 5.41) is 0. The summed E-state index contributed by atoms with van der Waals surface area (Å²) >= 11 is 0. The highest BCUT2D eigenvalue weighted by atomic mass is 16.5. The number of fused-ring (bicyclic) bond motifs is 2. The molecule has 0 spiro atoms. The summed E-state index contributed by atoms with van der Waals surface area (Å²) in [5.74, 6) is 0.758. The van der Waals surface area contributed by atoms with Crippen LogP contribution in [0.15, 0.2) is 66.7 Å². The highest BCUT2D eigenvalue weighted by Crippen LogP contribution is 2.39. The summed E-state index contributed by atoms with van der Waals surface area (Å²) in [6.45, 7) is 8.37. The molecule has 2 aliphatic rings. The first-order valence-electron chi connectivity index (χ1n) is 9.70. The van der Waals surface area contributed by atoms with Gasteiger partial charge in [0.1, 0.15) is 11.9 Å². The lowest BCUT2D eigenvalue weighted by molar-refractivity contribution is 0.0384. The Morgan fingerprint density at radius 2 is 1.83 bits per heavy atom. The zero-order valence-corrected chi connectivity index (χ0v) is 15.8. The molecular weight excluding hydrogens is 362 g/mol. The van der Waals surface area contributed by atoms with Crippen LogP contribution in [0, 0.1) is 6.57 Å². The number of hydrogen-bond donors (Lipinski definition) is 0. The number of nitrogens with zero attached hydrogens (tertiary/aromatic N) is 1. The van der Waals surface area contributed by atoms with E-state index in [0.29, 0.717) is 36.6 Å². The normalized spacial score (nSPS) is 20.2. The van der Waals surface area contributed by atoms with Crippen LogP contribution >= 0.6 is 0 Å². The molecule has 0 bridgehead atoms. The number of Topliss-reactive ketones (excluding diaryl/α,β-unsaturated/α-hetero) is 1. The van der Waals surface area contributed by atoms with E-state index in [0.717, 1.165) is 11.1 Å². The van der Waals surface area contributed by atoms with Gasteiger partial charge in [-0.1, -0.05) is 48.5 Å². The maximum atomic E-state index is 13.0. The lowest BCUT2D eigenvalue weighted by Gasteiger charge is -2.35. The van der Waals surface area contributed by atoms with Crippen LogP contribution < -0.4 is 4.74 Å². The topological polar surface area (TPSA) is 39.9 Å². The highest BCUT2D eigenvalue weighted by molar-refractivity contribution is 6.01. The van der Waals surface area contributed by atoms with Crippen molar-refractivity contribution in [3.05, 3.63) is 94.8 Å². The van der Waals surface area contributed by atoms with Gasteiger partial charge < -0.3 is 9.47 Å². The van der Waals surface area contributed by atoms with E-state index in [4.69, 9.17) is 16.0 Å². The number of hydrogen-bond acceptors (Lipinski definition) is 3. The van der Waals surface area contributed by atoms with E-state index in [1.165, 1.54) is 11.1 Å². The molecule has 3 aromatic rings. The molecule has 0 fully saturated rings. The molecule has 142 valence electrons. The Bertz CT molecular complexity index is 1140.